The van der Waals surface area contributed by atoms with Crippen molar-refractivity contribution in [2.24, 2.45) is 0 Å². The number of fused-ring (bicyclic) bond motifs is 1. The fourth-order valence-corrected chi connectivity index (χ4v) is 4.51. The molecule has 0 radical (unpaired) electrons. The van der Waals surface area contributed by atoms with Crippen molar-refractivity contribution in [2.45, 2.75) is 51.2 Å². The summed E-state index contributed by atoms with van der Waals surface area (Å²) in [5.41, 5.74) is 1.97. The van der Waals surface area contributed by atoms with Gasteiger partial charge in [0.1, 0.15) is 16.6 Å². The molecule has 3 heterocycles. The minimum Gasteiger partial charge on any atom is -0.473 e. The molecular weight excluding hydrogens is 342 g/mol. The van der Waals surface area contributed by atoms with Crippen molar-refractivity contribution in [3.63, 3.8) is 0 Å². The Morgan fingerprint density at radius 1 is 1.25 bits per heavy atom. The van der Waals surface area contributed by atoms with E-state index in [9.17, 15) is 5.11 Å². The molecule has 0 spiro atoms. The Morgan fingerprint density at radius 2 is 2.08 bits per heavy atom. The van der Waals surface area contributed by atoms with Crippen LogP contribution in [-0.2, 0) is 6.42 Å². The third kappa shape index (κ3) is 3.43. The van der Waals surface area contributed by atoms with E-state index in [1.807, 2.05) is 18.4 Å². The van der Waals surface area contributed by atoms with Gasteiger partial charge in [0.25, 0.3) is 0 Å². The Balaban J connectivity index is 1.60. The maximum Gasteiger partial charge on any atom is 0.235 e. The number of aliphatic hydroxyl groups excluding tert-OH is 1. The molecule has 7 heteroatoms. The molecule has 0 bridgehead atoms. The summed E-state index contributed by atoms with van der Waals surface area (Å²) >= 11 is 3.11. The number of aromatic nitrogens is 3. The molecule has 0 aliphatic heterocycles. The number of rotatable bonds is 4. The monoisotopic (exact) mass is 361 g/mol. The maximum absolute atomic E-state index is 9.66. The Bertz CT molecular complexity index is 837. The molecule has 4 rings (SSSR count). The fourth-order valence-electron chi connectivity index (χ4n) is 3.02. The Kier molecular flexibility index (Phi) is 4.47. The van der Waals surface area contributed by atoms with Gasteiger partial charge in [0, 0.05) is 11.3 Å². The van der Waals surface area contributed by atoms with Crippen molar-refractivity contribution < 1.29 is 9.84 Å². The van der Waals surface area contributed by atoms with Gasteiger partial charge in [0.15, 0.2) is 0 Å². The van der Waals surface area contributed by atoms with E-state index in [4.69, 9.17) is 4.74 Å². The highest BCUT2D eigenvalue weighted by molar-refractivity contribution is 7.17. The molecule has 0 amide bonds. The van der Waals surface area contributed by atoms with E-state index in [2.05, 4.69) is 20.4 Å². The average Bonchev–Trinajstić information content (AvgIpc) is 3.19. The number of aliphatic hydroxyl groups is 1. The lowest BCUT2D eigenvalue weighted by molar-refractivity contribution is 0.0651. The topological polar surface area (TPSA) is 68.1 Å². The van der Waals surface area contributed by atoms with Gasteiger partial charge in [-0.1, -0.05) is 0 Å². The molecule has 3 aromatic heterocycles. The molecule has 1 aliphatic rings. The molecule has 0 saturated heterocycles. The molecule has 3 aromatic rings. The van der Waals surface area contributed by atoms with Gasteiger partial charge >= 0.3 is 0 Å². The number of thiophene rings is 1. The predicted octanol–water partition coefficient (Wildman–Crippen LogP) is 3.73. The third-order valence-corrected chi connectivity index (χ3v) is 6.02. The summed E-state index contributed by atoms with van der Waals surface area (Å²) in [6, 6.07) is 4.09. The zero-order valence-corrected chi connectivity index (χ0v) is 15.1. The van der Waals surface area contributed by atoms with E-state index in [1.54, 1.807) is 11.3 Å². The van der Waals surface area contributed by atoms with E-state index >= 15 is 0 Å². The molecular formula is C17H19N3O2S2. The van der Waals surface area contributed by atoms with E-state index < -0.39 is 0 Å². The summed E-state index contributed by atoms with van der Waals surface area (Å²) in [7, 11) is 0. The largest absolute Gasteiger partial charge is 0.473 e. The minimum absolute atomic E-state index is 0.132. The molecule has 0 aromatic carbocycles. The van der Waals surface area contributed by atoms with Crippen LogP contribution in [0.1, 0.15) is 42.1 Å². The van der Waals surface area contributed by atoms with Gasteiger partial charge < -0.3 is 9.84 Å². The SMILES string of the molecule is Cc1cc(Cc2nc(OC3CCC(O)CC3)c3sccc3n2)sn1. The van der Waals surface area contributed by atoms with Gasteiger partial charge in [0.05, 0.1) is 17.3 Å². The van der Waals surface area contributed by atoms with Crippen molar-refractivity contribution >= 4 is 33.1 Å². The van der Waals surface area contributed by atoms with Gasteiger partial charge in [-0.2, -0.15) is 9.36 Å². The van der Waals surface area contributed by atoms with Gasteiger partial charge in [-0.3, -0.25) is 0 Å². The third-order valence-electron chi connectivity index (χ3n) is 4.25. The Labute approximate surface area is 148 Å². The smallest absolute Gasteiger partial charge is 0.235 e. The quantitative estimate of drug-likeness (QED) is 0.767. The lowest BCUT2D eigenvalue weighted by atomic mass is 9.95. The van der Waals surface area contributed by atoms with Crippen molar-refractivity contribution in [3.05, 3.63) is 33.9 Å². The van der Waals surface area contributed by atoms with Crippen LogP contribution in [0.15, 0.2) is 17.5 Å². The van der Waals surface area contributed by atoms with Crippen molar-refractivity contribution in [1.29, 1.82) is 0 Å². The van der Waals surface area contributed by atoms with Crippen LogP contribution >= 0.6 is 22.9 Å². The van der Waals surface area contributed by atoms with E-state index in [0.717, 1.165) is 52.3 Å². The van der Waals surface area contributed by atoms with Crippen molar-refractivity contribution in [2.75, 3.05) is 0 Å². The summed E-state index contributed by atoms with van der Waals surface area (Å²) in [6.45, 7) is 2.00. The minimum atomic E-state index is -0.179. The standard InChI is InChI=1S/C17H19N3O2S2/c1-10-8-13(24-20-10)9-15-18-14-6-7-23-16(14)17(19-15)22-12-4-2-11(21)3-5-12/h6-8,11-12,21H,2-5,9H2,1H3. The van der Waals surface area contributed by atoms with E-state index in [-0.39, 0.29) is 12.2 Å². The first-order valence-corrected chi connectivity index (χ1v) is 9.84. The highest BCUT2D eigenvalue weighted by Crippen LogP contribution is 2.31. The highest BCUT2D eigenvalue weighted by Gasteiger charge is 2.22. The number of aryl methyl sites for hydroxylation is 1. The second-order valence-electron chi connectivity index (χ2n) is 6.24. The number of hydrogen-bond acceptors (Lipinski definition) is 7. The number of nitrogens with zero attached hydrogens (tertiary/aromatic N) is 3. The molecule has 24 heavy (non-hydrogen) atoms. The van der Waals surface area contributed by atoms with E-state index in [0.29, 0.717) is 12.3 Å². The molecule has 1 saturated carbocycles. The molecule has 1 fully saturated rings. The lowest BCUT2D eigenvalue weighted by Crippen LogP contribution is -2.26. The molecule has 0 atom stereocenters. The van der Waals surface area contributed by atoms with E-state index in [1.165, 1.54) is 11.5 Å². The molecule has 5 nitrogen and oxygen atoms in total. The summed E-state index contributed by atoms with van der Waals surface area (Å²) < 4.78 is 11.5. The lowest BCUT2D eigenvalue weighted by Gasteiger charge is -2.25. The maximum atomic E-state index is 9.66. The molecule has 0 unspecified atom stereocenters. The van der Waals surface area contributed by atoms with Crippen LogP contribution in [-0.4, -0.2) is 31.7 Å². The van der Waals surface area contributed by atoms with Gasteiger partial charge in [0.2, 0.25) is 5.88 Å². The van der Waals surface area contributed by atoms with Gasteiger partial charge in [-0.15, -0.1) is 11.3 Å². The highest BCUT2D eigenvalue weighted by atomic mass is 32.1. The van der Waals surface area contributed by atoms with Crippen LogP contribution in [0.3, 0.4) is 0 Å². The van der Waals surface area contributed by atoms with Crippen LogP contribution in [0.25, 0.3) is 10.2 Å². The fraction of sp³-hybridized carbons (Fsp3) is 0.471. The predicted molar refractivity (Wildman–Crippen MR) is 96.0 cm³/mol. The van der Waals surface area contributed by atoms with Gasteiger partial charge in [-0.05, 0) is 61.7 Å². The summed E-state index contributed by atoms with van der Waals surface area (Å²) in [4.78, 5) is 10.5. The first-order chi connectivity index (χ1) is 11.7. The summed E-state index contributed by atoms with van der Waals surface area (Å²) in [5, 5.41) is 11.7. The first kappa shape index (κ1) is 15.9. The number of ether oxygens (including phenoxy) is 1. The van der Waals surface area contributed by atoms with Crippen molar-refractivity contribution in [1.82, 2.24) is 14.3 Å². The second kappa shape index (κ2) is 6.74. The van der Waals surface area contributed by atoms with Crippen LogP contribution in [0.5, 0.6) is 5.88 Å². The normalized spacial score (nSPS) is 21.2. The van der Waals surface area contributed by atoms with Crippen molar-refractivity contribution in [3.8, 4) is 5.88 Å². The Morgan fingerprint density at radius 3 is 2.83 bits per heavy atom. The van der Waals surface area contributed by atoms with Crippen LogP contribution in [0.4, 0.5) is 0 Å². The molecule has 126 valence electrons. The number of hydrogen-bond donors (Lipinski definition) is 1. The van der Waals surface area contributed by atoms with Crippen LogP contribution < -0.4 is 4.74 Å². The van der Waals surface area contributed by atoms with Crippen LogP contribution in [0, 0.1) is 6.92 Å². The summed E-state index contributed by atoms with van der Waals surface area (Å²) in [6.07, 6.45) is 3.99. The zero-order chi connectivity index (χ0) is 16.5. The van der Waals surface area contributed by atoms with Gasteiger partial charge in [-0.25, -0.2) is 4.98 Å². The van der Waals surface area contributed by atoms with Crippen LogP contribution in [0.2, 0.25) is 0 Å². The zero-order valence-electron chi connectivity index (χ0n) is 13.4. The Hall–Kier alpha value is -1.57. The second-order valence-corrected chi connectivity index (χ2v) is 8.05. The molecule has 1 aliphatic carbocycles. The molecule has 1 N–H and O–H groups in total. The average molecular weight is 361 g/mol. The summed E-state index contributed by atoms with van der Waals surface area (Å²) in [5.74, 6) is 1.46. The first-order valence-electron chi connectivity index (χ1n) is 8.18.